The van der Waals surface area contributed by atoms with E-state index in [1.807, 2.05) is 43.3 Å². The number of benzene rings is 2. The van der Waals surface area contributed by atoms with Gasteiger partial charge >= 0.3 is 0 Å². The highest BCUT2D eigenvalue weighted by Crippen LogP contribution is 2.41. The standard InChI is InChI=1S/C32H40N2O6/c1-21(2)10-15-39-26-7-4-6-23(20-26)29-28(30(35)24-8-9-27-25(19-24)18-22(3)40-27)31(36)32(37)34(29)12-5-11-33-13-16-38-17-14-33/h4,6-9,19-22,29,35H,5,10-18H2,1-3H3/b30-28+/t22-,29-/m1/s1. The Labute approximate surface area is 236 Å². The van der Waals surface area contributed by atoms with Crippen LogP contribution in [0.3, 0.4) is 0 Å². The number of likely N-dealkylation sites (tertiary alicyclic amines) is 1. The van der Waals surface area contributed by atoms with E-state index < -0.39 is 17.7 Å². The summed E-state index contributed by atoms with van der Waals surface area (Å²) in [6, 6.07) is 12.3. The Bertz CT molecular complexity index is 1270. The molecule has 0 unspecified atom stereocenters. The van der Waals surface area contributed by atoms with Crippen LogP contribution in [0.1, 0.15) is 56.3 Å². The van der Waals surface area contributed by atoms with Gasteiger partial charge in [-0.25, -0.2) is 0 Å². The van der Waals surface area contributed by atoms with E-state index in [2.05, 4.69) is 18.7 Å². The Balaban J connectivity index is 1.47. The fraction of sp³-hybridized carbons (Fsp3) is 0.500. The highest BCUT2D eigenvalue weighted by molar-refractivity contribution is 6.46. The summed E-state index contributed by atoms with van der Waals surface area (Å²) in [5, 5.41) is 11.5. The molecule has 8 nitrogen and oxygen atoms in total. The first-order chi connectivity index (χ1) is 19.3. The zero-order valence-corrected chi connectivity index (χ0v) is 23.7. The molecule has 0 radical (unpaired) electrons. The van der Waals surface area contributed by atoms with E-state index in [1.165, 1.54) is 0 Å². The summed E-state index contributed by atoms with van der Waals surface area (Å²) < 4.78 is 17.3. The Hall–Kier alpha value is -3.36. The number of nitrogens with zero attached hydrogens (tertiary/aromatic N) is 2. The molecule has 1 N–H and O–H groups in total. The van der Waals surface area contributed by atoms with Crippen LogP contribution < -0.4 is 9.47 Å². The summed E-state index contributed by atoms with van der Waals surface area (Å²) in [6.45, 7) is 11.2. The molecule has 214 valence electrons. The van der Waals surface area contributed by atoms with E-state index in [1.54, 1.807) is 11.0 Å². The summed E-state index contributed by atoms with van der Waals surface area (Å²) in [4.78, 5) is 30.9. The number of aliphatic hydroxyl groups excluding tert-OH is 1. The smallest absolute Gasteiger partial charge is 0.295 e. The van der Waals surface area contributed by atoms with Crippen LogP contribution in [0.2, 0.25) is 0 Å². The predicted octanol–water partition coefficient (Wildman–Crippen LogP) is 4.58. The second-order valence-corrected chi connectivity index (χ2v) is 11.4. The molecule has 2 saturated heterocycles. The normalized spacial score (nSPS) is 22.6. The van der Waals surface area contributed by atoms with Crippen molar-refractivity contribution in [3.8, 4) is 11.5 Å². The minimum Gasteiger partial charge on any atom is -0.507 e. The molecule has 5 rings (SSSR count). The van der Waals surface area contributed by atoms with E-state index in [4.69, 9.17) is 14.2 Å². The number of carbonyl (C=O) groups is 2. The topological polar surface area (TPSA) is 88.5 Å². The molecule has 1 amide bonds. The molecule has 40 heavy (non-hydrogen) atoms. The van der Waals surface area contributed by atoms with Gasteiger partial charge in [-0.3, -0.25) is 14.5 Å². The number of morpholine rings is 1. The number of Topliss-reactive ketones (excluding diaryl/α,β-unsaturated/α-hetero) is 1. The van der Waals surface area contributed by atoms with Crippen molar-refractivity contribution in [3.63, 3.8) is 0 Å². The lowest BCUT2D eigenvalue weighted by Crippen LogP contribution is -2.38. The van der Waals surface area contributed by atoms with Crippen LogP contribution in [0.15, 0.2) is 48.0 Å². The van der Waals surface area contributed by atoms with Crippen molar-refractivity contribution in [2.24, 2.45) is 5.92 Å². The van der Waals surface area contributed by atoms with E-state index in [9.17, 15) is 14.7 Å². The van der Waals surface area contributed by atoms with E-state index in [0.29, 0.717) is 50.0 Å². The number of ether oxygens (including phenoxy) is 3. The molecule has 2 fully saturated rings. The van der Waals surface area contributed by atoms with Gasteiger partial charge < -0.3 is 24.2 Å². The van der Waals surface area contributed by atoms with Gasteiger partial charge in [0.25, 0.3) is 11.7 Å². The van der Waals surface area contributed by atoms with Crippen LogP contribution in [0.4, 0.5) is 0 Å². The average Bonchev–Trinajstić information content (AvgIpc) is 3.44. The summed E-state index contributed by atoms with van der Waals surface area (Å²) >= 11 is 0. The number of fused-ring (bicyclic) bond motifs is 1. The van der Waals surface area contributed by atoms with E-state index >= 15 is 0 Å². The molecule has 3 heterocycles. The molecule has 8 heteroatoms. The van der Waals surface area contributed by atoms with Crippen molar-refractivity contribution in [1.82, 2.24) is 9.80 Å². The van der Waals surface area contributed by atoms with Crippen molar-refractivity contribution >= 4 is 17.4 Å². The van der Waals surface area contributed by atoms with Crippen LogP contribution in [-0.2, 0) is 20.7 Å². The minimum absolute atomic E-state index is 0.0582. The maximum Gasteiger partial charge on any atom is 0.295 e. The number of aliphatic hydroxyl groups is 1. The van der Waals surface area contributed by atoms with Crippen molar-refractivity contribution in [2.75, 3.05) is 46.0 Å². The highest BCUT2D eigenvalue weighted by Gasteiger charge is 2.46. The van der Waals surface area contributed by atoms with Crippen molar-refractivity contribution in [3.05, 3.63) is 64.7 Å². The van der Waals surface area contributed by atoms with E-state index in [0.717, 1.165) is 49.4 Å². The lowest BCUT2D eigenvalue weighted by atomic mass is 9.94. The number of hydrogen-bond donors (Lipinski definition) is 1. The summed E-state index contributed by atoms with van der Waals surface area (Å²) in [5.41, 5.74) is 2.35. The van der Waals surface area contributed by atoms with Crippen molar-refractivity contribution < 1.29 is 28.9 Å². The zero-order valence-electron chi connectivity index (χ0n) is 23.7. The van der Waals surface area contributed by atoms with Gasteiger partial charge in [-0.2, -0.15) is 0 Å². The third-order valence-corrected chi connectivity index (χ3v) is 7.82. The van der Waals surface area contributed by atoms with Gasteiger partial charge in [-0.15, -0.1) is 0 Å². The molecule has 0 saturated carbocycles. The molecule has 2 aromatic carbocycles. The Kier molecular flexibility index (Phi) is 8.76. The molecule has 0 aliphatic carbocycles. The molecule has 2 atom stereocenters. The highest BCUT2D eigenvalue weighted by atomic mass is 16.5. The lowest BCUT2D eigenvalue weighted by Gasteiger charge is -2.29. The van der Waals surface area contributed by atoms with Crippen LogP contribution in [0.5, 0.6) is 11.5 Å². The molecule has 2 aromatic rings. The van der Waals surface area contributed by atoms with Crippen molar-refractivity contribution in [2.45, 2.75) is 52.2 Å². The SMILES string of the molecule is CC(C)CCOc1cccc([C@@H]2/C(=C(\O)c3ccc4c(c3)C[C@@H](C)O4)C(=O)C(=O)N2CCCN2CCOCC2)c1. The fourth-order valence-electron chi connectivity index (χ4n) is 5.66. The van der Waals surface area contributed by atoms with E-state index in [-0.39, 0.29) is 17.4 Å². The molecular weight excluding hydrogens is 508 g/mol. The van der Waals surface area contributed by atoms with Crippen molar-refractivity contribution in [1.29, 1.82) is 0 Å². The number of hydrogen-bond acceptors (Lipinski definition) is 7. The summed E-state index contributed by atoms with van der Waals surface area (Å²) in [6.07, 6.45) is 2.42. The van der Waals surface area contributed by atoms with Gasteiger partial charge in [-0.05, 0) is 67.1 Å². The lowest BCUT2D eigenvalue weighted by molar-refractivity contribution is -0.140. The first kappa shape index (κ1) is 28.2. The maximum absolute atomic E-state index is 13.5. The molecular formula is C32H40N2O6. The first-order valence-electron chi connectivity index (χ1n) is 14.4. The van der Waals surface area contributed by atoms with Crippen LogP contribution >= 0.6 is 0 Å². The summed E-state index contributed by atoms with van der Waals surface area (Å²) in [5.74, 6) is 0.578. The van der Waals surface area contributed by atoms with Crippen LogP contribution in [0.25, 0.3) is 5.76 Å². The largest absolute Gasteiger partial charge is 0.507 e. The third-order valence-electron chi connectivity index (χ3n) is 7.82. The third kappa shape index (κ3) is 6.18. The first-order valence-corrected chi connectivity index (χ1v) is 14.4. The van der Waals surface area contributed by atoms with Gasteiger partial charge in [-0.1, -0.05) is 26.0 Å². The minimum atomic E-state index is -0.707. The van der Waals surface area contributed by atoms with Crippen LogP contribution in [0, 0.1) is 5.92 Å². The second kappa shape index (κ2) is 12.4. The average molecular weight is 549 g/mol. The quantitative estimate of drug-likeness (QED) is 0.264. The Morgan fingerprint density at radius 2 is 1.90 bits per heavy atom. The number of amides is 1. The monoisotopic (exact) mass is 548 g/mol. The molecule has 3 aliphatic rings. The zero-order chi connectivity index (χ0) is 28.2. The molecule has 0 bridgehead atoms. The van der Waals surface area contributed by atoms with Crippen LogP contribution in [-0.4, -0.2) is 78.7 Å². The number of rotatable bonds is 10. The molecule has 0 spiro atoms. The Morgan fingerprint density at radius 1 is 1.10 bits per heavy atom. The molecule has 3 aliphatic heterocycles. The van der Waals surface area contributed by atoms with Gasteiger partial charge in [0.15, 0.2) is 0 Å². The van der Waals surface area contributed by atoms with Gasteiger partial charge in [0.2, 0.25) is 0 Å². The fourth-order valence-corrected chi connectivity index (χ4v) is 5.66. The second-order valence-electron chi connectivity index (χ2n) is 11.4. The van der Waals surface area contributed by atoms with Gasteiger partial charge in [0.05, 0.1) is 31.4 Å². The van der Waals surface area contributed by atoms with Gasteiger partial charge in [0.1, 0.15) is 23.4 Å². The predicted molar refractivity (Wildman–Crippen MR) is 153 cm³/mol. The molecule has 0 aromatic heterocycles. The van der Waals surface area contributed by atoms with Gasteiger partial charge in [0, 0.05) is 38.2 Å². The maximum atomic E-state index is 13.5. The Morgan fingerprint density at radius 3 is 2.67 bits per heavy atom. The number of carbonyl (C=O) groups excluding carboxylic acids is 2. The summed E-state index contributed by atoms with van der Waals surface area (Å²) in [7, 11) is 0. The number of ketones is 1.